The van der Waals surface area contributed by atoms with Crippen molar-refractivity contribution in [2.75, 3.05) is 24.9 Å². The number of carbonyl (C=O) groups is 1. The van der Waals surface area contributed by atoms with Gasteiger partial charge in [-0.2, -0.15) is 0 Å². The number of hydrogen-bond acceptors (Lipinski definition) is 6. The molecule has 7 nitrogen and oxygen atoms in total. The molecule has 1 fully saturated rings. The van der Waals surface area contributed by atoms with E-state index >= 15 is 0 Å². The van der Waals surface area contributed by atoms with Gasteiger partial charge in [0.25, 0.3) is 15.9 Å². The highest BCUT2D eigenvalue weighted by Crippen LogP contribution is 2.24. The first-order chi connectivity index (χ1) is 15.4. The van der Waals surface area contributed by atoms with Crippen LogP contribution in [0.15, 0.2) is 65.0 Å². The van der Waals surface area contributed by atoms with Crippen LogP contribution in [0.25, 0.3) is 0 Å². The summed E-state index contributed by atoms with van der Waals surface area (Å²) < 4.78 is 32.6. The Hall–Kier alpha value is -2.91. The number of carbonyl (C=O) groups excluding carboxylic acids is 1. The van der Waals surface area contributed by atoms with Crippen LogP contribution in [0.3, 0.4) is 0 Å². The minimum absolute atomic E-state index is 0.0683. The van der Waals surface area contributed by atoms with Crippen molar-refractivity contribution >= 4 is 32.4 Å². The van der Waals surface area contributed by atoms with E-state index in [1.165, 1.54) is 35.2 Å². The third-order valence-corrected chi connectivity index (χ3v) is 7.73. The van der Waals surface area contributed by atoms with Gasteiger partial charge in [-0.1, -0.05) is 12.1 Å². The fraction of sp³-hybridized carbons (Fsp3) is 0.304. The molecule has 3 aromatic rings. The van der Waals surface area contributed by atoms with Gasteiger partial charge in [0, 0.05) is 30.2 Å². The number of anilines is 1. The van der Waals surface area contributed by atoms with Crippen LogP contribution in [-0.4, -0.2) is 44.4 Å². The molecule has 168 valence electrons. The van der Waals surface area contributed by atoms with Crippen LogP contribution in [0.4, 0.5) is 5.13 Å². The quantitative estimate of drug-likeness (QED) is 0.562. The number of amides is 1. The molecule has 0 radical (unpaired) electrons. The number of rotatable bonds is 7. The van der Waals surface area contributed by atoms with Crippen LogP contribution in [0.5, 0.6) is 5.75 Å². The van der Waals surface area contributed by atoms with E-state index in [1.54, 1.807) is 24.6 Å². The summed E-state index contributed by atoms with van der Waals surface area (Å²) in [5.41, 5.74) is 1.72. The van der Waals surface area contributed by atoms with E-state index in [4.69, 9.17) is 4.74 Å². The van der Waals surface area contributed by atoms with Crippen molar-refractivity contribution in [3.63, 3.8) is 0 Å². The highest BCUT2D eigenvalue weighted by molar-refractivity contribution is 7.93. The Morgan fingerprint density at radius 1 is 1.19 bits per heavy atom. The minimum Gasteiger partial charge on any atom is -0.497 e. The Balaban J connectivity index is 1.39. The van der Waals surface area contributed by atoms with Gasteiger partial charge >= 0.3 is 0 Å². The molecule has 1 unspecified atom stereocenters. The molecular formula is C23H25N3O4S2. The average Bonchev–Trinajstić information content (AvgIpc) is 3.32. The predicted molar refractivity (Wildman–Crippen MR) is 125 cm³/mol. The normalized spacial score (nSPS) is 16.5. The molecule has 1 aromatic heterocycles. The lowest BCUT2D eigenvalue weighted by Crippen LogP contribution is -2.40. The molecule has 1 saturated heterocycles. The van der Waals surface area contributed by atoms with Crippen LogP contribution in [0, 0.1) is 5.92 Å². The molecule has 0 spiro atoms. The van der Waals surface area contributed by atoms with Crippen LogP contribution in [0.2, 0.25) is 0 Å². The summed E-state index contributed by atoms with van der Waals surface area (Å²) in [6.45, 7) is 1.40. The van der Waals surface area contributed by atoms with Crippen molar-refractivity contribution in [1.82, 2.24) is 9.88 Å². The number of nitrogens with one attached hydrogen (secondary N) is 1. The Morgan fingerprint density at radius 3 is 2.59 bits per heavy atom. The van der Waals surface area contributed by atoms with Gasteiger partial charge in [-0.25, -0.2) is 13.4 Å². The third-order valence-electron chi connectivity index (χ3n) is 5.56. The number of piperidine rings is 1. The van der Waals surface area contributed by atoms with E-state index < -0.39 is 10.0 Å². The smallest absolute Gasteiger partial charge is 0.263 e. The maximum Gasteiger partial charge on any atom is 0.263 e. The highest BCUT2D eigenvalue weighted by atomic mass is 32.2. The number of sulfonamides is 1. The molecule has 2 aromatic carbocycles. The topological polar surface area (TPSA) is 88.6 Å². The molecule has 0 aliphatic carbocycles. The Kier molecular flexibility index (Phi) is 6.76. The molecule has 0 saturated carbocycles. The van der Waals surface area contributed by atoms with Crippen LogP contribution in [-0.2, 0) is 16.4 Å². The van der Waals surface area contributed by atoms with E-state index in [1.807, 2.05) is 17.0 Å². The third kappa shape index (κ3) is 5.28. The number of nitrogens with zero attached hydrogens (tertiary/aromatic N) is 2. The summed E-state index contributed by atoms with van der Waals surface area (Å²) >= 11 is 1.21. The lowest BCUT2D eigenvalue weighted by molar-refractivity contribution is 0.0673. The van der Waals surface area contributed by atoms with Gasteiger partial charge in [-0.3, -0.25) is 9.52 Å². The van der Waals surface area contributed by atoms with Crippen molar-refractivity contribution in [2.24, 2.45) is 5.92 Å². The fourth-order valence-electron chi connectivity index (χ4n) is 3.92. The zero-order valence-corrected chi connectivity index (χ0v) is 19.4. The monoisotopic (exact) mass is 471 g/mol. The average molecular weight is 472 g/mol. The minimum atomic E-state index is -3.73. The van der Waals surface area contributed by atoms with Crippen LogP contribution in [0.1, 0.15) is 28.8 Å². The second kappa shape index (κ2) is 9.70. The maximum absolute atomic E-state index is 13.0. The molecule has 2 heterocycles. The van der Waals surface area contributed by atoms with Gasteiger partial charge in [0.1, 0.15) is 5.75 Å². The highest BCUT2D eigenvalue weighted by Gasteiger charge is 2.25. The molecule has 1 N–H and O–H groups in total. The van der Waals surface area contributed by atoms with Gasteiger partial charge in [0.2, 0.25) is 0 Å². The van der Waals surface area contributed by atoms with Crippen LogP contribution >= 0.6 is 11.3 Å². The van der Waals surface area contributed by atoms with Crippen molar-refractivity contribution in [2.45, 2.75) is 24.2 Å². The van der Waals surface area contributed by atoms with Gasteiger partial charge in [-0.15, -0.1) is 11.3 Å². The lowest BCUT2D eigenvalue weighted by Gasteiger charge is -2.33. The summed E-state index contributed by atoms with van der Waals surface area (Å²) in [6, 6.07) is 14.1. The number of ether oxygens (including phenoxy) is 1. The van der Waals surface area contributed by atoms with Gasteiger partial charge < -0.3 is 9.64 Å². The maximum atomic E-state index is 13.0. The summed E-state index contributed by atoms with van der Waals surface area (Å²) in [5.74, 6) is 1.16. The number of benzene rings is 2. The van der Waals surface area contributed by atoms with Crippen molar-refractivity contribution in [3.05, 3.63) is 71.2 Å². The van der Waals surface area contributed by atoms with Crippen molar-refractivity contribution in [3.8, 4) is 5.75 Å². The second-order valence-electron chi connectivity index (χ2n) is 7.78. The lowest BCUT2D eigenvalue weighted by atomic mass is 9.91. The molecule has 0 bridgehead atoms. The van der Waals surface area contributed by atoms with E-state index in [9.17, 15) is 13.2 Å². The number of hydrogen-bond donors (Lipinski definition) is 1. The number of likely N-dealkylation sites (tertiary alicyclic amines) is 1. The molecule has 4 rings (SSSR count). The summed E-state index contributed by atoms with van der Waals surface area (Å²) in [6.07, 6.45) is 4.48. The van der Waals surface area contributed by atoms with E-state index in [2.05, 4.69) is 21.8 Å². The van der Waals surface area contributed by atoms with Crippen LogP contribution < -0.4 is 9.46 Å². The predicted octanol–water partition coefficient (Wildman–Crippen LogP) is 4.05. The number of thiazole rings is 1. The van der Waals surface area contributed by atoms with E-state index in [0.717, 1.165) is 25.0 Å². The Bertz CT molecular complexity index is 1140. The molecule has 1 aliphatic heterocycles. The summed E-state index contributed by atoms with van der Waals surface area (Å²) in [4.78, 5) is 18.9. The first-order valence-corrected chi connectivity index (χ1v) is 12.8. The largest absolute Gasteiger partial charge is 0.497 e. The SMILES string of the molecule is COc1ccc(CC2CCCN(C(=O)c3ccc(S(=O)(=O)Nc4nccs4)cc3)C2)cc1. The molecular weight excluding hydrogens is 446 g/mol. The zero-order chi connectivity index (χ0) is 22.6. The molecule has 1 atom stereocenters. The molecule has 32 heavy (non-hydrogen) atoms. The van der Waals surface area contributed by atoms with Gasteiger partial charge in [-0.05, 0) is 67.1 Å². The van der Waals surface area contributed by atoms with E-state index in [-0.39, 0.29) is 10.8 Å². The second-order valence-corrected chi connectivity index (χ2v) is 10.4. The summed E-state index contributed by atoms with van der Waals surface area (Å²) in [7, 11) is -2.08. The summed E-state index contributed by atoms with van der Waals surface area (Å²) in [5, 5.41) is 2.00. The zero-order valence-electron chi connectivity index (χ0n) is 17.7. The number of methoxy groups -OCH3 is 1. The Labute approximate surface area is 192 Å². The van der Waals surface area contributed by atoms with Crippen molar-refractivity contribution in [1.29, 1.82) is 0 Å². The van der Waals surface area contributed by atoms with E-state index in [0.29, 0.717) is 29.7 Å². The first-order valence-electron chi connectivity index (χ1n) is 10.4. The van der Waals surface area contributed by atoms with Crippen molar-refractivity contribution < 1.29 is 17.9 Å². The molecule has 1 amide bonds. The molecule has 1 aliphatic rings. The van der Waals surface area contributed by atoms with Gasteiger partial charge in [0.05, 0.1) is 12.0 Å². The first kappa shape index (κ1) is 22.3. The van der Waals surface area contributed by atoms with Gasteiger partial charge in [0.15, 0.2) is 5.13 Å². The Morgan fingerprint density at radius 2 is 1.94 bits per heavy atom. The standard InChI is InChI=1S/C23H25N3O4S2/c1-30-20-8-4-17(5-9-20)15-18-3-2-13-26(16-18)22(27)19-6-10-21(11-7-19)32(28,29)25-23-24-12-14-31-23/h4-12,14,18H,2-3,13,15-16H2,1H3,(H,24,25). The fourth-order valence-corrected chi connectivity index (χ4v) is 5.71. The number of aromatic nitrogens is 1. The molecule has 9 heteroatoms.